The second-order valence-corrected chi connectivity index (χ2v) is 3.56. The van der Waals surface area contributed by atoms with Crippen molar-refractivity contribution in [1.82, 2.24) is 0 Å². The van der Waals surface area contributed by atoms with Gasteiger partial charge in [-0.3, -0.25) is 4.99 Å². The molecule has 12 heavy (non-hydrogen) atoms. The summed E-state index contributed by atoms with van der Waals surface area (Å²) in [4.78, 5) is 4.62. The first-order valence-corrected chi connectivity index (χ1v) is 4.87. The van der Waals surface area contributed by atoms with E-state index >= 15 is 0 Å². The van der Waals surface area contributed by atoms with Gasteiger partial charge in [-0.05, 0) is 32.6 Å². The fourth-order valence-electron chi connectivity index (χ4n) is 1.68. The van der Waals surface area contributed by atoms with Gasteiger partial charge >= 0.3 is 0 Å². The van der Waals surface area contributed by atoms with Crippen LogP contribution in [-0.2, 0) is 4.74 Å². The highest BCUT2D eigenvalue weighted by molar-refractivity contribution is 5.85. The maximum Gasteiger partial charge on any atom is 0.0704 e. The molecule has 0 aliphatic heterocycles. The van der Waals surface area contributed by atoms with Crippen molar-refractivity contribution in [3.8, 4) is 0 Å². The molecule has 0 saturated heterocycles. The van der Waals surface area contributed by atoms with E-state index in [1.54, 1.807) is 7.11 Å². The third kappa shape index (κ3) is 3.35. The van der Waals surface area contributed by atoms with Crippen LogP contribution in [0.4, 0.5) is 0 Å². The molecule has 0 N–H and O–H groups in total. The van der Waals surface area contributed by atoms with E-state index in [4.69, 9.17) is 4.74 Å². The summed E-state index contributed by atoms with van der Waals surface area (Å²) in [5.41, 5.74) is 1.41. The lowest BCUT2D eigenvalue weighted by Gasteiger charge is -2.14. The topological polar surface area (TPSA) is 21.6 Å². The first-order valence-electron chi connectivity index (χ1n) is 4.87. The zero-order valence-corrected chi connectivity index (χ0v) is 8.18. The van der Waals surface area contributed by atoms with E-state index in [1.807, 2.05) is 0 Å². The summed E-state index contributed by atoms with van der Waals surface area (Å²) in [6.45, 7) is 2.87. The first kappa shape index (κ1) is 9.72. The predicted octanol–water partition coefficient (Wildman–Crippen LogP) is 2.43. The quantitative estimate of drug-likeness (QED) is 0.636. The van der Waals surface area contributed by atoms with E-state index in [2.05, 4.69) is 11.9 Å². The van der Waals surface area contributed by atoms with E-state index in [1.165, 1.54) is 37.8 Å². The van der Waals surface area contributed by atoms with Gasteiger partial charge in [0.15, 0.2) is 0 Å². The predicted molar refractivity (Wildman–Crippen MR) is 51.9 cm³/mol. The van der Waals surface area contributed by atoms with Crippen molar-refractivity contribution < 1.29 is 4.74 Å². The molecule has 70 valence electrons. The van der Waals surface area contributed by atoms with Crippen molar-refractivity contribution in [2.75, 3.05) is 13.7 Å². The summed E-state index contributed by atoms with van der Waals surface area (Å²) < 4.78 is 5.04. The third-order valence-corrected chi connectivity index (χ3v) is 2.24. The van der Waals surface area contributed by atoms with Gasteiger partial charge in [0, 0.05) is 12.8 Å². The Morgan fingerprint density at radius 2 is 2.00 bits per heavy atom. The molecule has 2 heteroatoms. The number of hydrogen-bond donors (Lipinski definition) is 0. The van der Waals surface area contributed by atoms with Crippen LogP contribution >= 0.6 is 0 Å². The molecule has 0 amide bonds. The Bertz CT molecular complexity index is 146. The largest absolute Gasteiger partial charge is 0.382 e. The van der Waals surface area contributed by atoms with Gasteiger partial charge in [0.25, 0.3) is 0 Å². The van der Waals surface area contributed by atoms with Crippen LogP contribution in [-0.4, -0.2) is 25.5 Å². The number of rotatable bonds is 3. The van der Waals surface area contributed by atoms with Crippen molar-refractivity contribution in [3.05, 3.63) is 0 Å². The van der Waals surface area contributed by atoms with Crippen LogP contribution in [0.15, 0.2) is 4.99 Å². The second kappa shape index (κ2) is 5.31. The maximum absolute atomic E-state index is 5.04. The molecule has 1 saturated carbocycles. The van der Waals surface area contributed by atoms with Crippen molar-refractivity contribution in [2.45, 2.75) is 45.1 Å². The Balaban J connectivity index is 2.32. The number of methoxy groups -OCH3 is 1. The minimum atomic E-state index is 0.350. The Hall–Kier alpha value is -0.370. The van der Waals surface area contributed by atoms with Crippen LogP contribution in [0, 0.1) is 0 Å². The Labute approximate surface area is 75.0 Å². The molecule has 0 aromatic carbocycles. The maximum atomic E-state index is 5.04. The molecule has 0 heterocycles. The number of ether oxygens (including phenoxy) is 1. The van der Waals surface area contributed by atoms with Gasteiger partial charge in [0.2, 0.25) is 0 Å². The van der Waals surface area contributed by atoms with E-state index < -0.39 is 0 Å². The molecule has 2 nitrogen and oxygen atoms in total. The lowest BCUT2D eigenvalue weighted by Crippen LogP contribution is -2.13. The minimum absolute atomic E-state index is 0.350. The molecular formula is C10H19NO. The number of nitrogens with zero attached hydrogens (tertiary/aromatic N) is 1. The lowest BCUT2D eigenvalue weighted by molar-refractivity contribution is 0.185. The zero-order valence-electron chi connectivity index (χ0n) is 8.18. The summed E-state index contributed by atoms with van der Waals surface area (Å²) in [6, 6.07) is 0.350. The monoisotopic (exact) mass is 169 g/mol. The normalized spacial score (nSPS) is 20.7. The molecule has 0 radical (unpaired) electrons. The smallest absolute Gasteiger partial charge is 0.0704 e. The number of aliphatic imine (C=N–C) groups is 1. The summed E-state index contributed by atoms with van der Waals surface area (Å²) >= 11 is 0. The third-order valence-electron chi connectivity index (χ3n) is 2.24. The van der Waals surface area contributed by atoms with Crippen LogP contribution in [0.1, 0.15) is 39.0 Å². The molecule has 0 bridgehead atoms. The van der Waals surface area contributed by atoms with Crippen LogP contribution in [0.25, 0.3) is 0 Å². The molecule has 1 fully saturated rings. The SMILES string of the molecule is COC[C@H](C)N=C1CCCCC1. The van der Waals surface area contributed by atoms with Crippen molar-refractivity contribution in [2.24, 2.45) is 4.99 Å². The average molecular weight is 169 g/mol. The van der Waals surface area contributed by atoms with Crippen LogP contribution in [0.5, 0.6) is 0 Å². The highest BCUT2D eigenvalue weighted by Gasteiger charge is 2.07. The molecule has 1 aliphatic carbocycles. The van der Waals surface area contributed by atoms with E-state index in [-0.39, 0.29) is 0 Å². The lowest BCUT2D eigenvalue weighted by atomic mass is 9.98. The summed E-state index contributed by atoms with van der Waals surface area (Å²) in [5, 5.41) is 0. The van der Waals surface area contributed by atoms with Gasteiger partial charge in [-0.15, -0.1) is 0 Å². The molecule has 1 rings (SSSR count). The van der Waals surface area contributed by atoms with Crippen LogP contribution in [0.2, 0.25) is 0 Å². The fourth-order valence-corrected chi connectivity index (χ4v) is 1.68. The van der Waals surface area contributed by atoms with Crippen LogP contribution < -0.4 is 0 Å². The van der Waals surface area contributed by atoms with Gasteiger partial charge in [0.05, 0.1) is 12.6 Å². The van der Waals surface area contributed by atoms with Gasteiger partial charge in [0.1, 0.15) is 0 Å². The molecule has 0 aromatic rings. The summed E-state index contributed by atoms with van der Waals surface area (Å²) in [6.07, 6.45) is 6.48. The van der Waals surface area contributed by atoms with Gasteiger partial charge in [-0.2, -0.15) is 0 Å². The zero-order chi connectivity index (χ0) is 8.81. The van der Waals surface area contributed by atoms with E-state index in [0.29, 0.717) is 6.04 Å². The van der Waals surface area contributed by atoms with E-state index in [9.17, 15) is 0 Å². The van der Waals surface area contributed by atoms with Crippen molar-refractivity contribution in [1.29, 1.82) is 0 Å². The van der Waals surface area contributed by atoms with Crippen molar-refractivity contribution >= 4 is 5.71 Å². The standard InChI is InChI=1S/C10H19NO/c1-9(8-12-2)11-10-6-4-3-5-7-10/h9H,3-8H2,1-2H3/t9-/m0/s1. The molecule has 0 spiro atoms. The molecule has 1 atom stereocenters. The van der Waals surface area contributed by atoms with Crippen LogP contribution in [0.3, 0.4) is 0 Å². The highest BCUT2D eigenvalue weighted by atomic mass is 16.5. The number of hydrogen-bond acceptors (Lipinski definition) is 2. The summed E-state index contributed by atoms with van der Waals surface area (Å²) in [7, 11) is 1.73. The Morgan fingerprint density at radius 3 is 2.58 bits per heavy atom. The van der Waals surface area contributed by atoms with E-state index in [0.717, 1.165) is 6.61 Å². The Morgan fingerprint density at radius 1 is 1.33 bits per heavy atom. The molecular weight excluding hydrogens is 150 g/mol. The highest BCUT2D eigenvalue weighted by Crippen LogP contribution is 2.15. The molecule has 0 unspecified atom stereocenters. The van der Waals surface area contributed by atoms with Gasteiger partial charge < -0.3 is 4.74 Å². The Kier molecular flexibility index (Phi) is 4.30. The molecule has 0 aromatic heterocycles. The van der Waals surface area contributed by atoms with Crippen molar-refractivity contribution in [3.63, 3.8) is 0 Å². The van der Waals surface area contributed by atoms with Gasteiger partial charge in [-0.25, -0.2) is 0 Å². The minimum Gasteiger partial charge on any atom is -0.382 e. The van der Waals surface area contributed by atoms with Gasteiger partial charge in [-0.1, -0.05) is 6.42 Å². The average Bonchev–Trinajstić information content (AvgIpc) is 2.06. The molecule has 1 aliphatic rings. The first-order chi connectivity index (χ1) is 5.83. The summed E-state index contributed by atoms with van der Waals surface area (Å²) in [5.74, 6) is 0. The second-order valence-electron chi connectivity index (χ2n) is 3.56. The fraction of sp³-hybridized carbons (Fsp3) is 0.900.